The predicted molar refractivity (Wildman–Crippen MR) is 66.4 cm³/mol. The summed E-state index contributed by atoms with van der Waals surface area (Å²) >= 11 is 0. The molecule has 0 radical (unpaired) electrons. The van der Waals surface area contributed by atoms with Crippen LogP contribution in [0.25, 0.3) is 0 Å². The number of hydrogen-bond donors (Lipinski definition) is 2. The quantitative estimate of drug-likeness (QED) is 0.738. The molecule has 3 atom stereocenters. The molecule has 4 heteroatoms. The van der Waals surface area contributed by atoms with Gasteiger partial charge in [0.1, 0.15) is 0 Å². The molecule has 0 bridgehead atoms. The molecule has 1 aliphatic heterocycles. The zero-order valence-electron chi connectivity index (χ0n) is 10.9. The van der Waals surface area contributed by atoms with Crippen molar-refractivity contribution in [1.29, 1.82) is 0 Å². The average Bonchev–Trinajstić information content (AvgIpc) is 2.23. The second-order valence-corrected chi connectivity index (χ2v) is 4.89. The highest BCUT2D eigenvalue weighted by Crippen LogP contribution is 2.08. The highest BCUT2D eigenvalue weighted by molar-refractivity contribution is 5.81. The van der Waals surface area contributed by atoms with Crippen LogP contribution in [0.15, 0.2) is 0 Å². The minimum absolute atomic E-state index is 0.0152. The maximum absolute atomic E-state index is 11.8. The number of nitrogens with zero attached hydrogens (tertiary/aromatic N) is 1. The predicted octanol–water partition coefficient (Wildman–Crippen LogP) is 0.583. The molecule has 0 aromatic heterocycles. The van der Waals surface area contributed by atoms with Crippen molar-refractivity contribution < 1.29 is 4.79 Å². The van der Waals surface area contributed by atoms with Gasteiger partial charge in [-0.05, 0) is 27.2 Å². The third kappa shape index (κ3) is 3.76. The van der Waals surface area contributed by atoms with E-state index < -0.39 is 0 Å². The monoisotopic (exact) mass is 227 g/mol. The van der Waals surface area contributed by atoms with E-state index in [1.54, 1.807) is 0 Å². The van der Waals surface area contributed by atoms with Crippen LogP contribution in [0.2, 0.25) is 0 Å². The molecule has 0 spiro atoms. The maximum atomic E-state index is 11.8. The molecule has 3 unspecified atom stereocenters. The number of nitrogens with one attached hydrogen (secondary N) is 2. The first-order valence-electron chi connectivity index (χ1n) is 6.32. The fraction of sp³-hybridized carbons (Fsp3) is 0.917. The van der Waals surface area contributed by atoms with Crippen molar-refractivity contribution in [3.63, 3.8) is 0 Å². The van der Waals surface area contributed by atoms with Crippen LogP contribution in [-0.2, 0) is 4.79 Å². The molecule has 0 aromatic carbocycles. The molecule has 0 aliphatic carbocycles. The molecular formula is C12H25N3O. The van der Waals surface area contributed by atoms with Gasteiger partial charge in [-0.25, -0.2) is 0 Å². The fourth-order valence-corrected chi connectivity index (χ4v) is 2.25. The van der Waals surface area contributed by atoms with Gasteiger partial charge in [-0.1, -0.05) is 6.92 Å². The lowest BCUT2D eigenvalue weighted by Crippen LogP contribution is -2.59. The standard InChI is InChI=1S/C12H25N3O/c1-5-6-13-12(16)11(4)15-7-9(2)14-10(3)8-15/h9-11,14H,5-8H2,1-4H3,(H,13,16). The van der Waals surface area contributed by atoms with Crippen LogP contribution in [0.4, 0.5) is 0 Å². The van der Waals surface area contributed by atoms with E-state index in [0.717, 1.165) is 26.1 Å². The SMILES string of the molecule is CCCNC(=O)C(C)N1CC(C)NC(C)C1. The lowest BCUT2D eigenvalue weighted by Gasteiger charge is -2.39. The second kappa shape index (κ2) is 6.21. The first-order chi connectivity index (χ1) is 7.54. The molecule has 94 valence electrons. The summed E-state index contributed by atoms with van der Waals surface area (Å²) in [7, 11) is 0. The van der Waals surface area contributed by atoms with Crippen LogP contribution >= 0.6 is 0 Å². The minimum Gasteiger partial charge on any atom is -0.355 e. The lowest BCUT2D eigenvalue weighted by molar-refractivity contribution is -0.126. The van der Waals surface area contributed by atoms with Crippen LogP contribution in [0.3, 0.4) is 0 Å². The van der Waals surface area contributed by atoms with Crippen molar-refractivity contribution in [3.05, 3.63) is 0 Å². The third-order valence-corrected chi connectivity index (χ3v) is 3.06. The van der Waals surface area contributed by atoms with Gasteiger partial charge in [-0.15, -0.1) is 0 Å². The Morgan fingerprint density at radius 2 is 2.00 bits per heavy atom. The summed E-state index contributed by atoms with van der Waals surface area (Å²) < 4.78 is 0. The molecule has 1 aliphatic rings. The highest BCUT2D eigenvalue weighted by atomic mass is 16.2. The van der Waals surface area contributed by atoms with Crippen LogP contribution in [0.5, 0.6) is 0 Å². The minimum atomic E-state index is -0.0152. The lowest BCUT2D eigenvalue weighted by atomic mass is 10.1. The zero-order chi connectivity index (χ0) is 12.1. The first-order valence-corrected chi connectivity index (χ1v) is 6.32. The zero-order valence-corrected chi connectivity index (χ0v) is 10.9. The largest absolute Gasteiger partial charge is 0.355 e. The van der Waals surface area contributed by atoms with Gasteiger partial charge < -0.3 is 10.6 Å². The number of hydrogen-bond acceptors (Lipinski definition) is 3. The Labute approximate surface area is 98.8 Å². The Bertz CT molecular complexity index is 222. The van der Waals surface area contributed by atoms with Gasteiger partial charge in [0.05, 0.1) is 6.04 Å². The van der Waals surface area contributed by atoms with Gasteiger partial charge in [0, 0.05) is 31.7 Å². The molecule has 16 heavy (non-hydrogen) atoms. The van der Waals surface area contributed by atoms with E-state index in [9.17, 15) is 4.79 Å². The topological polar surface area (TPSA) is 44.4 Å². The van der Waals surface area contributed by atoms with Gasteiger partial charge in [0.2, 0.25) is 5.91 Å². The van der Waals surface area contributed by atoms with E-state index in [1.165, 1.54) is 0 Å². The molecule has 2 N–H and O–H groups in total. The third-order valence-electron chi connectivity index (χ3n) is 3.06. The summed E-state index contributed by atoms with van der Waals surface area (Å²) in [5.41, 5.74) is 0. The number of amides is 1. The van der Waals surface area contributed by atoms with Crippen molar-refractivity contribution in [2.75, 3.05) is 19.6 Å². The molecule has 4 nitrogen and oxygen atoms in total. The molecule has 1 fully saturated rings. The summed E-state index contributed by atoms with van der Waals surface area (Å²) in [4.78, 5) is 14.1. The smallest absolute Gasteiger partial charge is 0.237 e. The molecule has 0 saturated carbocycles. The number of rotatable bonds is 4. The molecular weight excluding hydrogens is 202 g/mol. The van der Waals surface area contributed by atoms with E-state index in [0.29, 0.717) is 12.1 Å². The first kappa shape index (κ1) is 13.5. The van der Waals surface area contributed by atoms with Gasteiger partial charge in [-0.2, -0.15) is 0 Å². The average molecular weight is 227 g/mol. The summed E-state index contributed by atoms with van der Waals surface area (Å²) in [6.07, 6.45) is 0.993. The summed E-state index contributed by atoms with van der Waals surface area (Å²) in [5.74, 6) is 0.156. The molecule has 1 amide bonds. The van der Waals surface area contributed by atoms with Crippen molar-refractivity contribution in [3.8, 4) is 0 Å². The van der Waals surface area contributed by atoms with Crippen LogP contribution in [0, 0.1) is 0 Å². The van der Waals surface area contributed by atoms with Crippen molar-refractivity contribution in [2.45, 2.75) is 52.2 Å². The Kier molecular flexibility index (Phi) is 5.22. The molecule has 1 rings (SSSR count). The number of carbonyl (C=O) groups excluding carboxylic acids is 1. The maximum Gasteiger partial charge on any atom is 0.237 e. The molecule has 1 saturated heterocycles. The Morgan fingerprint density at radius 1 is 1.44 bits per heavy atom. The molecule has 1 heterocycles. The fourth-order valence-electron chi connectivity index (χ4n) is 2.25. The van der Waals surface area contributed by atoms with Gasteiger partial charge >= 0.3 is 0 Å². The Balaban J connectivity index is 2.45. The van der Waals surface area contributed by atoms with E-state index in [1.807, 2.05) is 6.92 Å². The van der Waals surface area contributed by atoms with Crippen molar-refractivity contribution in [1.82, 2.24) is 15.5 Å². The van der Waals surface area contributed by atoms with Gasteiger partial charge in [0.15, 0.2) is 0 Å². The van der Waals surface area contributed by atoms with E-state index in [-0.39, 0.29) is 11.9 Å². The Hall–Kier alpha value is -0.610. The highest BCUT2D eigenvalue weighted by Gasteiger charge is 2.27. The summed E-state index contributed by atoms with van der Waals surface area (Å²) in [6, 6.07) is 0.911. The van der Waals surface area contributed by atoms with E-state index in [2.05, 4.69) is 36.3 Å². The van der Waals surface area contributed by atoms with Crippen LogP contribution in [0.1, 0.15) is 34.1 Å². The number of piperazine rings is 1. The van der Waals surface area contributed by atoms with Crippen molar-refractivity contribution >= 4 is 5.91 Å². The second-order valence-electron chi connectivity index (χ2n) is 4.89. The Morgan fingerprint density at radius 3 is 2.50 bits per heavy atom. The normalized spacial score (nSPS) is 28.8. The van der Waals surface area contributed by atoms with Crippen LogP contribution < -0.4 is 10.6 Å². The van der Waals surface area contributed by atoms with E-state index in [4.69, 9.17) is 0 Å². The summed E-state index contributed by atoms with van der Waals surface area (Å²) in [6.45, 7) is 11.1. The molecule has 0 aromatic rings. The van der Waals surface area contributed by atoms with Crippen molar-refractivity contribution in [2.24, 2.45) is 0 Å². The van der Waals surface area contributed by atoms with E-state index >= 15 is 0 Å². The van der Waals surface area contributed by atoms with Gasteiger partial charge in [-0.3, -0.25) is 9.69 Å². The van der Waals surface area contributed by atoms with Crippen LogP contribution in [-0.4, -0.2) is 48.6 Å². The number of carbonyl (C=O) groups is 1. The van der Waals surface area contributed by atoms with Gasteiger partial charge in [0.25, 0.3) is 0 Å². The summed E-state index contributed by atoms with van der Waals surface area (Å²) in [5, 5.41) is 6.43.